The van der Waals surface area contributed by atoms with Gasteiger partial charge in [-0.1, -0.05) is 36.3 Å². The minimum absolute atomic E-state index is 0.0790. The average molecular weight is 459 g/mol. The van der Waals surface area contributed by atoms with Gasteiger partial charge in [-0.25, -0.2) is 8.42 Å². The van der Waals surface area contributed by atoms with E-state index in [1.807, 2.05) is 38.1 Å². The third-order valence-corrected chi connectivity index (χ3v) is 6.11. The second-order valence-electron chi connectivity index (χ2n) is 7.28. The molecule has 2 aromatic carbocycles. The molecular weight excluding hydrogens is 432 g/mol. The number of benzene rings is 2. The molecule has 0 spiro atoms. The Balaban J connectivity index is 1.59. The predicted molar refractivity (Wildman–Crippen MR) is 121 cm³/mol. The van der Waals surface area contributed by atoms with Crippen LogP contribution in [0.1, 0.15) is 24.8 Å². The smallest absolute Gasteiger partial charge is 0.261 e. The highest BCUT2D eigenvalue weighted by Crippen LogP contribution is 2.22. The van der Waals surface area contributed by atoms with Gasteiger partial charge in [0.15, 0.2) is 6.10 Å². The van der Waals surface area contributed by atoms with Crippen LogP contribution in [-0.2, 0) is 21.4 Å². The number of carbonyl (C=O) groups excluding carboxylic acids is 1. The summed E-state index contributed by atoms with van der Waals surface area (Å²) in [4.78, 5) is 16.9. The summed E-state index contributed by atoms with van der Waals surface area (Å²) in [6, 6.07) is 14.2. The molecule has 1 aromatic heterocycles. The van der Waals surface area contributed by atoms with E-state index in [9.17, 15) is 13.2 Å². The first kappa shape index (κ1) is 23.3. The number of rotatable bonds is 9. The summed E-state index contributed by atoms with van der Waals surface area (Å²) >= 11 is 0. The van der Waals surface area contributed by atoms with Crippen molar-refractivity contribution in [2.75, 3.05) is 17.6 Å². The summed E-state index contributed by atoms with van der Waals surface area (Å²) in [6.07, 6.45) is 0.837. The Morgan fingerprint density at radius 1 is 1.19 bits per heavy atom. The molecule has 0 saturated carbocycles. The minimum Gasteiger partial charge on any atom is -0.481 e. The Morgan fingerprint density at radius 3 is 2.50 bits per heavy atom. The van der Waals surface area contributed by atoms with Crippen LogP contribution in [0.25, 0.3) is 11.4 Å². The molecule has 0 saturated heterocycles. The fraction of sp³-hybridized carbons (Fsp3) is 0.318. The third-order valence-electron chi connectivity index (χ3n) is 4.91. The molecule has 170 valence electrons. The quantitative estimate of drug-likeness (QED) is 0.524. The summed E-state index contributed by atoms with van der Waals surface area (Å²) in [6.45, 7) is 3.87. The number of anilines is 1. The van der Waals surface area contributed by atoms with E-state index in [0.717, 1.165) is 21.7 Å². The molecule has 1 unspecified atom stereocenters. The molecular formula is C22H26N4O5S. The van der Waals surface area contributed by atoms with Gasteiger partial charge in [-0.15, -0.1) is 0 Å². The second-order valence-corrected chi connectivity index (χ2v) is 9.30. The molecule has 1 amide bonds. The first-order chi connectivity index (χ1) is 15.2. The van der Waals surface area contributed by atoms with Crippen LogP contribution >= 0.6 is 0 Å². The van der Waals surface area contributed by atoms with Gasteiger partial charge >= 0.3 is 0 Å². The van der Waals surface area contributed by atoms with Gasteiger partial charge in [0.1, 0.15) is 5.75 Å². The molecule has 0 bridgehead atoms. The summed E-state index contributed by atoms with van der Waals surface area (Å²) in [5.41, 5.74) is 2.39. The van der Waals surface area contributed by atoms with Crippen molar-refractivity contribution in [3.05, 3.63) is 60.0 Å². The zero-order valence-electron chi connectivity index (χ0n) is 18.4. The number of sulfonamides is 1. The predicted octanol–water partition coefficient (Wildman–Crippen LogP) is 2.91. The molecule has 10 heteroatoms. The summed E-state index contributed by atoms with van der Waals surface area (Å²) in [5.74, 6) is 0.896. The fourth-order valence-corrected chi connectivity index (χ4v) is 3.45. The summed E-state index contributed by atoms with van der Waals surface area (Å²) < 4.78 is 35.5. The lowest BCUT2D eigenvalue weighted by Crippen LogP contribution is -2.37. The maximum Gasteiger partial charge on any atom is 0.261 e. The highest BCUT2D eigenvalue weighted by Gasteiger charge is 2.20. The monoisotopic (exact) mass is 458 g/mol. The van der Waals surface area contributed by atoms with Gasteiger partial charge < -0.3 is 14.6 Å². The molecule has 0 radical (unpaired) electrons. The van der Waals surface area contributed by atoms with E-state index in [2.05, 4.69) is 15.5 Å². The van der Waals surface area contributed by atoms with E-state index in [4.69, 9.17) is 9.26 Å². The first-order valence-corrected chi connectivity index (χ1v) is 11.9. The van der Waals surface area contributed by atoms with E-state index < -0.39 is 16.1 Å². The number of aryl methyl sites for hydroxylation is 1. The van der Waals surface area contributed by atoms with Gasteiger partial charge in [0.2, 0.25) is 21.7 Å². The molecule has 0 aliphatic heterocycles. The lowest BCUT2D eigenvalue weighted by atomic mass is 10.1. The van der Waals surface area contributed by atoms with Crippen molar-refractivity contribution < 1.29 is 22.5 Å². The fourth-order valence-electron chi connectivity index (χ4n) is 2.95. The van der Waals surface area contributed by atoms with Gasteiger partial charge in [0.25, 0.3) is 5.91 Å². The van der Waals surface area contributed by atoms with Gasteiger partial charge in [-0.3, -0.25) is 9.10 Å². The highest BCUT2D eigenvalue weighted by atomic mass is 32.2. The lowest BCUT2D eigenvalue weighted by molar-refractivity contribution is -0.128. The maximum absolute atomic E-state index is 12.6. The number of aromatic nitrogens is 2. The Bertz CT molecular complexity index is 1180. The van der Waals surface area contributed by atoms with Crippen molar-refractivity contribution >= 4 is 21.6 Å². The molecule has 32 heavy (non-hydrogen) atoms. The van der Waals surface area contributed by atoms with Crippen LogP contribution in [0.5, 0.6) is 5.75 Å². The third kappa shape index (κ3) is 5.64. The van der Waals surface area contributed by atoms with Crippen LogP contribution in [0.3, 0.4) is 0 Å². The Kier molecular flexibility index (Phi) is 7.14. The largest absolute Gasteiger partial charge is 0.481 e. The number of hydrogen-bond acceptors (Lipinski definition) is 7. The number of nitrogens with one attached hydrogen (secondary N) is 1. The molecule has 1 heterocycles. The summed E-state index contributed by atoms with van der Waals surface area (Å²) in [7, 11) is -1.89. The van der Waals surface area contributed by atoms with Gasteiger partial charge in [0.05, 0.1) is 18.5 Å². The van der Waals surface area contributed by atoms with E-state index in [0.29, 0.717) is 29.6 Å². The minimum atomic E-state index is -3.35. The molecule has 0 fully saturated rings. The van der Waals surface area contributed by atoms with Crippen molar-refractivity contribution in [3.63, 3.8) is 0 Å². The van der Waals surface area contributed by atoms with E-state index in [1.54, 1.807) is 24.3 Å². The number of ether oxygens (including phenoxy) is 1. The number of carbonyl (C=O) groups is 1. The van der Waals surface area contributed by atoms with Crippen molar-refractivity contribution in [1.29, 1.82) is 0 Å². The maximum atomic E-state index is 12.6. The van der Waals surface area contributed by atoms with Gasteiger partial charge in [0, 0.05) is 12.6 Å². The number of amides is 1. The van der Waals surface area contributed by atoms with Crippen LogP contribution in [-0.4, -0.2) is 43.9 Å². The molecule has 1 N–H and O–H groups in total. The SMILES string of the molecule is CCC(Oc1ccc(N(C)S(C)(=O)=O)cc1)C(=O)NCc1nc(-c2ccccc2C)no1. The molecule has 0 aliphatic carbocycles. The van der Waals surface area contributed by atoms with Crippen molar-refractivity contribution in [2.45, 2.75) is 32.9 Å². The van der Waals surface area contributed by atoms with E-state index in [1.165, 1.54) is 7.05 Å². The zero-order chi connectivity index (χ0) is 23.3. The Labute approximate surface area is 187 Å². The standard InChI is InChI=1S/C22H26N4O5S/c1-5-19(30-17-12-10-16(11-13-17)26(3)32(4,28)29)22(27)23-14-20-24-21(25-31-20)18-9-7-6-8-15(18)2/h6-13,19H,5,14H2,1-4H3,(H,23,27). The van der Waals surface area contributed by atoms with E-state index >= 15 is 0 Å². The Hall–Kier alpha value is -3.40. The molecule has 3 rings (SSSR count). The normalized spacial score (nSPS) is 12.2. The summed E-state index contributed by atoms with van der Waals surface area (Å²) in [5, 5.41) is 6.73. The number of hydrogen-bond donors (Lipinski definition) is 1. The topological polar surface area (TPSA) is 115 Å². The molecule has 3 aromatic rings. The van der Waals surface area contributed by atoms with Crippen molar-refractivity contribution in [1.82, 2.24) is 15.5 Å². The van der Waals surface area contributed by atoms with Gasteiger partial charge in [-0.2, -0.15) is 4.98 Å². The van der Waals surface area contributed by atoms with E-state index in [-0.39, 0.29) is 12.5 Å². The molecule has 1 atom stereocenters. The molecule has 0 aliphatic rings. The van der Waals surface area contributed by atoms with Crippen LogP contribution in [0, 0.1) is 6.92 Å². The van der Waals surface area contributed by atoms with Crippen LogP contribution in [0.2, 0.25) is 0 Å². The van der Waals surface area contributed by atoms with Crippen molar-refractivity contribution in [2.24, 2.45) is 0 Å². The first-order valence-electron chi connectivity index (χ1n) is 10.1. The van der Waals surface area contributed by atoms with Crippen molar-refractivity contribution in [3.8, 4) is 17.1 Å². The van der Waals surface area contributed by atoms with Crippen LogP contribution < -0.4 is 14.4 Å². The average Bonchev–Trinajstić information content (AvgIpc) is 3.24. The van der Waals surface area contributed by atoms with Gasteiger partial charge in [-0.05, 0) is 43.2 Å². The molecule has 9 nitrogen and oxygen atoms in total. The number of nitrogens with zero attached hydrogens (tertiary/aromatic N) is 3. The Morgan fingerprint density at radius 2 is 1.88 bits per heavy atom. The second kappa shape index (κ2) is 9.82. The highest BCUT2D eigenvalue weighted by molar-refractivity contribution is 7.92. The zero-order valence-corrected chi connectivity index (χ0v) is 19.2. The van der Waals surface area contributed by atoms with Crippen LogP contribution in [0.15, 0.2) is 53.1 Å². The van der Waals surface area contributed by atoms with Crippen LogP contribution in [0.4, 0.5) is 5.69 Å². The lowest BCUT2D eigenvalue weighted by Gasteiger charge is -2.19.